The van der Waals surface area contributed by atoms with Gasteiger partial charge < -0.3 is 4.74 Å². The maximum absolute atomic E-state index is 11.5. The number of hydrogen-bond donors (Lipinski definition) is 0. The molecule has 1 atom stereocenters. The van der Waals surface area contributed by atoms with Crippen LogP contribution in [-0.2, 0) is 14.3 Å². The number of nitriles is 1. The van der Waals surface area contributed by atoms with Crippen LogP contribution in [0.25, 0.3) is 0 Å². The van der Waals surface area contributed by atoms with Gasteiger partial charge in [0.15, 0.2) is 0 Å². The Hall–Kier alpha value is -1.57. The molecule has 0 aliphatic heterocycles. The van der Waals surface area contributed by atoms with E-state index in [9.17, 15) is 9.59 Å². The average molecular weight is 272 g/mol. The van der Waals surface area contributed by atoms with E-state index in [4.69, 9.17) is 28.5 Å². The van der Waals surface area contributed by atoms with Crippen LogP contribution in [0.15, 0.2) is 18.2 Å². The summed E-state index contributed by atoms with van der Waals surface area (Å²) in [4.78, 5) is 22.6. The van der Waals surface area contributed by atoms with E-state index >= 15 is 0 Å². The molecule has 4 nitrogen and oxygen atoms in total. The summed E-state index contributed by atoms with van der Waals surface area (Å²) in [7, 11) is 1.07. The first-order valence-corrected chi connectivity index (χ1v) is 5.23. The van der Waals surface area contributed by atoms with Crippen molar-refractivity contribution >= 4 is 35.0 Å². The van der Waals surface area contributed by atoms with Gasteiger partial charge in [0, 0.05) is 0 Å². The zero-order valence-electron chi connectivity index (χ0n) is 8.74. The number of hydrogen-bond acceptors (Lipinski definition) is 4. The van der Waals surface area contributed by atoms with Crippen molar-refractivity contribution in [2.24, 2.45) is 0 Å². The molecule has 17 heavy (non-hydrogen) atoms. The minimum Gasteiger partial charge on any atom is -0.463 e. The molecular formula is C11H7Cl2NO3. The maximum Gasteiger partial charge on any atom is 0.376 e. The molecule has 1 rings (SSSR count). The van der Waals surface area contributed by atoms with Gasteiger partial charge in [0.1, 0.15) is 5.92 Å². The quantitative estimate of drug-likeness (QED) is 0.625. The summed E-state index contributed by atoms with van der Waals surface area (Å²) >= 11 is 11.5. The second-order valence-electron chi connectivity index (χ2n) is 3.09. The number of halogens is 2. The fourth-order valence-electron chi connectivity index (χ4n) is 1.19. The molecule has 0 bridgehead atoms. The Kier molecular flexibility index (Phi) is 4.50. The molecule has 1 unspecified atom stereocenters. The van der Waals surface area contributed by atoms with Crippen molar-refractivity contribution < 1.29 is 14.3 Å². The SMILES string of the molecule is COC(=O)C(=O)C(C#N)c1ccc(Cl)c(Cl)c1. The van der Waals surface area contributed by atoms with Crippen LogP contribution >= 0.6 is 23.2 Å². The first-order chi connectivity index (χ1) is 8.01. The van der Waals surface area contributed by atoms with Crippen molar-refractivity contribution in [1.29, 1.82) is 5.26 Å². The molecule has 0 radical (unpaired) electrons. The third-order valence-corrected chi connectivity index (χ3v) is 2.79. The number of rotatable bonds is 3. The summed E-state index contributed by atoms with van der Waals surface area (Å²) < 4.78 is 4.27. The van der Waals surface area contributed by atoms with E-state index in [2.05, 4.69) is 4.74 Å². The van der Waals surface area contributed by atoms with E-state index in [-0.39, 0.29) is 5.02 Å². The lowest BCUT2D eigenvalue weighted by atomic mass is 9.96. The van der Waals surface area contributed by atoms with Crippen molar-refractivity contribution in [3.8, 4) is 6.07 Å². The van der Waals surface area contributed by atoms with Gasteiger partial charge in [0.25, 0.3) is 5.78 Å². The molecule has 6 heteroatoms. The predicted octanol–water partition coefficient (Wildman–Crippen LogP) is 2.34. The van der Waals surface area contributed by atoms with E-state index in [1.54, 1.807) is 6.07 Å². The third-order valence-electron chi connectivity index (χ3n) is 2.05. The lowest BCUT2D eigenvalue weighted by molar-refractivity contribution is -0.151. The van der Waals surface area contributed by atoms with Crippen molar-refractivity contribution in [3.63, 3.8) is 0 Å². The van der Waals surface area contributed by atoms with Gasteiger partial charge in [-0.15, -0.1) is 0 Å². The number of carbonyl (C=O) groups excluding carboxylic acids is 2. The van der Waals surface area contributed by atoms with Crippen molar-refractivity contribution in [1.82, 2.24) is 0 Å². The van der Waals surface area contributed by atoms with E-state index in [0.29, 0.717) is 10.6 Å². The smallest absolute Gasteiger partial charge is 0.376 e. The molecule has 1 aromatic rings. The monoisotopic (exact) mass is 271 g/mol. The van der Waals surface area contributed by atoms with Crippen LogP contribution in [0.3, 0.4) is 0 Å². The predicted molar refractivity (Wildman–Crippen MR) is 61.8 cm³/mol. The van der Waals surface area contributed by atoms with Crippen LogP contribution in [-0.4, -0.2) is 18.9 Å². The maximum atomic E-state index is 11.5. The van der Waals surface area contributed by atoms with Gasteiger partial charge in [0.2, 0.25) is 0 Å². The number of ketones is 1. The molecule has 1 aromatic carbocycles. The van der Waals surface area contributed by atoms with Gasteiger partial charge in [-0.05, 0) is 17.7 Å². The van der Waals surface area contributed by atoms with Crippen molar-refractivity contribution in [2.45, 2.75) is 5.92 Å². The molecule has 0 saturated carbocycles. The van der Waals surface area contributed by atoms with Gasteiger partial charge in [-0.1, -0.05) is 29.3 Å². The molecule has 0 aliphatic rings. The molecule has 0 N–H and O–H groups in total. The molecular weight excluding hydrogens is 265 g/mol. The average Bonchev–Trinajstić information content (AvgIpc) is 2.33. The fraction of sp³-hybridized carbons (Fsp3) is 0.182. The molecule has 0 saturated heterocycles. The van der Waals surface area contributed by atoms with Crippen LogP contribution in [0, 0.1) is 11.3 Å². The van der Waals surface area contributed by atoms with E-state index in [1.807, 2.05) is 0 Å². The largest absolute Gasteiger partial charge is 0.463 e. The lowest BCUT2D eigenvalue weighted by Crippen LogP contribution is -2.22. The molecule has 0 heterocycles. The van der Waals surface area contributed by atoms with Crippen LogP contribution < -0.4 is 0 Å². The van der Waals surface area contributed by atoms with Gasteiger partial charge in [-0.3, -0.25) is 4.79 Å². The number of ether oxygens (including phenoxy) is 1. The number of esters is 1. The van der Waals surface area contributed by atoms with Crippen LogP contribution in [0.2, 0.25) is 10.0 Å². The Labute approximate surface area is 108 Å². The zero-order chi connectivity index (χ0) is 13.0. The van der Waals surface area contributed by atoms with E-state index in [1.165, 1.54) is 18.2 Å². The molecule has 88 valence electrons. The highest BCUT2D eigenvalue weighted by Gasteiger charge is 2.27. The minimum absolute atomic E-state index is 0.210. The molecule has 0 spiro atoms. The molecule has 0 aliphatic carbocycles. The van der Waals surface area contributed by atoms with Crippen LogP contribution in [0.1, 0.15) is 11.5 Å². The van der Waals surface area contributed by atoms with Crippen LogP contribution in [0.4, 0.5) is 0 Å². The lowest BCUT2D eigenvalue weighted by Gasteiger charge is -2.07. The summed E-state index contributed by atoms with van der Waals surface area (Å²) in [6.07, 6.45) is 0. The van der Waals surface area contributed by atoms with E-state index < -0.39 is 17.7 Å². The van der Waals surface area contributed by atoms with Gasteiger partial charge in [-0.25, -0.2) is 4.79 Å². The Balaban J connectivity index is 3.11. The minimum atomic E-state index is -1.24. The van der Waals surface area contributed by atoms with Gasteiger partial charge in [-0.2, -0.15) is 5.26 Å². The molecule has 0 amide bonds. The first kappa shape index (κ1) is 13.5. The Bertz CT molecular complexity index is 508. The third kappa shape index (κ3) is 2.96. The Morgan fingerprint density at radius 2 is 2.00 bits per heavy atom. The highest BCUT2D eigenvalue weighted by atomic mass is 35.5. The Morgan fingerprint density at radius 1 is 1.35 bits per heavy atom. The number of carbonyl (C=O) groups is 2. The molecule has 0 fully saturated rings. The normalized spacial score (nSPS) is 11.4. The number of nitrogens with zero attached hydrogens (tertiary/aromatic N) is 1. The van der Waals surface area contributed by atoms with Crippen LogP contribution in [0.5, 0.6) is 0 Å². The topological polar surface area (TPSA) is 67.2 Å². The zero-order valence-corrected chi connectivity index (χ0v) is 10.2. The summed E-state index contributed by atoms with van der Waals surface area (Å²) in [6.45, 7) is 0. The van der Waals surface area contributed by atoms with E-state index in [0.717, 1.165) is 7.11 Å². The highest BCUT2D eigenvalue weighted by Crippen LogP contribution is 2.26. The number of methoxy groups -OCH3 is 1. The first-order valence-electron chi connectivity index (χ1n) is 4.48. The highest BCUT2D eigenvalue weighted by molar-refractivity contribution is 6.42. The molecule has 0 aromatic heterocycles. The van der Waals surface area contributed by atoms with Crippen molar-refractivity contribution in [2.75, 3.05) is 7.11 Å². The summed E-state index contributed by atoms with van der Waals surface area (Å²) in [6, 6.07) is 6.02. The second kappa shape index (κ2) is 5.67. The fourth-order valence-corrected chi connectivity index (χ4v) is 1.50. The van der Waals surface area contributed by atoms with Gasteiger partial charge >= 0.3 is 5.97 Å². The standard InChI is InChI=1S/C11H7Cl2NO3/c1-17-11(16)10(15)7(5-14)6-2-3-8(12)9(13)4-6/h2-4,7H,1H3. The summed E-state index contributed by atoms with van der Waals surface area (Å²) in [5, 5.41) is 9.41. The summed E-state index contributed by atoms with van der Waals surface area (Å²) in [5.41, 5.74) is 0.303. The van der Waals surface area contributed by atoms with Gasteiger partial charge in [0.05, 0.1) is 23.2 Å². The summed E-state index contributed by atoms with van der Waals surface area (Å²) in [5.74, 6) is -3.24. The Morgan fingerprint density at radius 3 is 2.47 bits per heavy atom. The van der Waals surface area contributed by atoms with Crippen molar-refractivity contribution in [3.05, 3.63) is 33.8 Å². The number of Topliss-reactive ketones (excluding diaryl/α,β-unsaturated/α-hetero) is 1. The number of benzene rings is 1. The second-order valence-corrected chi connectivity index (χ2v) is 3.91.